The topological polar surface area (TPSA) is 107 Å². The third kappa shape index (κ3) is 7.75. The number of rotatable bonds is 12. The average Bonchev–Trinajstić information content (AvgIpc) is 3.28. The Morgan fingerprint density at radius 3 is 2.65 bits per heavy atom. The number of benzene rings is 2. The molecule has 0 aliphatic heterocycles. The minimum atomic E-state index is -0.310. The second-order valence-electron chi connectivity index (χ2n) is 7.40. The Kier molecular flexibility index (Phi) is 10.4. The van der Waals surface area contributed by atoms with Crippen LogP contribution in [0.25, 0.3) is 6.08 Å². The number of carbonyl (C=O) groups is 2. The van der Waals surface area contributed by atoms with Gasteiger partial charge in [-0.15, -0.1) is 16.8 Å². The summed E-state index contributed by atoms with van der Waals surface area (Å²) in [5.74, 6) is 1.17. The van der Waals surface area contributed by atoms with E-state index in [4.69, 9.17) is 32.7 Å². The van der Waals surface area contributed by atoms with E-state index in [0.29, 0.717) is 39.7 Å². The van der Waals surface area contributed by atoms with E-state index in [0.717, 1.165) is 5.56 Å². The fourth-order valence-corrected chi connectivity index (χ4v) is 4.25. The van der Waals surface area contributed by atoms with Crippen molar-refractivity contribution in [3.05, 3.63) is 76.6 Å². The van der Waals surface area contributed by atoms with Crippen LogP contribution in [0.5, 0.6) is 11.5 Å². The fourth-order valence-electron chi connectivity index (χ4n) is 3.14. The maximum atomic E-state index is 12.4. The first kappa shape index (κ1) is 28.1. The number of hydrogen-bond donors (Lipinski definition) is 2. The van der Waals surface area contributed by atoms with Crippen LogP contribution in [-0.2, 0) is 22.7 Å². The zero-order valence-electron chi connectivity index (χ0n) is 20.2. The van der Waals surface area contributed by atoms with Crippen LogP contribution in [0.4, 0.5) is 5.69 Å². The van der Waals surface area contributed by atoms with Crippen molar-refractivity contribution in [2.24, 2.45) is 0 Å². The molecule has 2 aromatic carbocycles. The van der Waals surface area contributed by atoms with Gasteiger partial charge in [0.1, 0.15) is 0 Å². The molecule has 0 aliphatic rings. The predicted octanol–water partition coefficient (Wildman–Crippen LogP) is 4.85. The number of aromatic nitrogens is 3. The third-order valence-corrected chi connectivity index (χ3v) is 6.70. The van der Waals surface area contributed by atoms with Crippen molar-refractivity contribution < 1.29 is 19.1 Å². The van der Waals surface area contributed by atoms with E-state index in [1.165, 1.54) is 17.8 Å². The van der Waals surface area contributed by atoms with Crippen LogP contribution in [0.15, 0.2) is 60.3 Å². The van der Waals surface area contributed by atoms with E-state index < -0.39 is 0 Å². The molecule has 3 rings (SSSR count). The number of anilines is 1. The van der Waals surface area contributed by atoms with Crippen LogP contribution in [0.3, 0.4) is 0 Å². The summed E-state index contributed by atoms with van der Waals surface area (Å²) in [7, 11) is 3.10. The number of hydrogen-bond acceptors (Lipinski definition) is 7. The molecule has 12 heteroatoms. The highest BCUT2D eigenvalue weighted by atomic mass is 35.5. The second-order valence-corrected chi connectivity index (χ2v) is 9.13. The van der Waals surface area contributed by atoms with E-state index in [1.807, 2.05) is 6.07 Å². The van der Waals surface area contributed by atoms with Gasteiger partial charge in [0.15, 0.2) is 22.5 Å². The van der Waals surface area contributed by atoms with Gasteiger partial charge in [-0.1, -0.05) is 53.2 Å². The van der Waals surface area contributed by atoms with Crippen molar-refractivity contribution in [1.82, 2.24) is 20.1 Å². The average molecular weight is 562 g/mol. The van der Waals surface area contributed by atoms with Crippen molar-refractivity contribution in [1.29, 1.82) is 0 Å². The third-order valence-electron chi connectivity index (χ3n) is 4.92. The van der Waals surface area contributed by atoms with Crippen molar-refractivity contribution in [2.75, 3.05) is 25.3 Å². The monoisotopic (exact) mass is 561 g/mol. The number of nitrogens with zero attached hydrogens (tertiary/aromatic N) is 3. The van der Waals surface area contributed by atoms with Crippen LogP contribution < -0.4 is 20.1 Å². The fraction of sp³-hybridized carbons (Fsp3) is 0.200. The highest BCUT2D eigenvalue weighted by molar-refractivity contribution is 7.99. The molecule has 2 N–H and O–H groups in total. The van der Waals surface area contributed by atoms with Gasteiger partial charge in [0.25, 0.3) is 0 Å². The van der Waals surface area contributed by atoms with E-state index in [-0.39, 0.29) is 29.1 Å². The first-order chi connectivity index (χ1) is 17.9. The van der Waals surface area contributed by atoms with Gasteiger partial charge in [-0.25, -0.2) is 0 Å². The molecular weight excluding hydrogens is 537 g/mol. The van der Waals surface area contributed by atoms with Crippen molar-refractivity contribution in [3.63, 3.8) is 0 Å². The maximum absolute atomic E-state index is 12.4. The molecule has 0 spiro atoms. The zero-order valence-corrected chi connectivity index (χ0v) is 22.5. The summed E-state index contributed by atoms with van der Waals surface area (Å²) < 4.78 is 12.3. The van der Waals surface area contributed by atoms with Crippen LogP contribution >= 0.6 is 35.0 Å². The molecule has 0 unspecified atom stereocenters. The Morgan fingerprint density at radius 1 is 1.14 bits per heavy atom. The lowest BCUT2D eigenvalue weighted by atomic mass is 10.2. The van der Waals surface area contributed by atoms with E-state index in [9.17, 15) is 9.59 Å². The lowest BCUT2D eigenvalue weighted by Crippen LogP contribution is -2.23. The van der Waals surface area contributed by atoms with Gasteiger partial charge in [0, 0.05) is 12.6 Å². The summed E-state index contributed by atoms with van der Waals surface area (Å²) >= 11 is 13.3. The normalized spacial score (nSPS) is 10.8. The smallest absolute Gasteiger partial charge is 0.244 e. The molecule has 9 nitrogen and oxygen atoms in total. The lowest BCUT2D eigenvalue weighted by Gasteiger charge is -2.09. The first-order valence-electron chi connectivity index (χ1n) is 10.9. The molecule has 0 saturated heterocycles. The number of ether oxygens (including phenoxy) is 2. The van der Waals surface area contributed by atoms with E-state index >= 15 is 0 Å². The summed E-state index contributed by atoms with van der Waals surface area (Å²) in [5, 5.41) is 15.0. The Labute approximate surface area is 228 Å². The highest BCUT2D eigenvalue weighted by Crippen LogP contribution is 2.30. The number of amides is 2. The maximum Gasteiger partial charge on any atom is 0.244 e. The largest absolute Gasteiger partial charge is 0.493 e. The summed E-state index contributed by atoms with van der Waals surface area (Å²) in [6, 6.07) is 10.3. The highest BCUT2D eigenvalue weighted by Gasteiger charge is 2.15. The van der Waals surface area contributed by atoms with Crippen LogP contribution in [0.1, 0.15) is 11.4 Å². The van der Waals surface area contributed by atoms with Crippen molar-refractivity contribution in [2.45, 2.75) is 18.2 Å². The van der Waals surface area contributed by atoms with Crippen LogP contribution in [-0.4, -0.2) is 46.6 Å². The Bertz CT molecular complexity index is 1310. The summed E-state index contributed by atoms with van der Waals surface area (Å²) in [6.45, 7) is 4.31. The first-order valence-corrected chi connectivity index (χ1v) is 12.7. The number of methoxy groups -OCH3 is 2. The van der Waals surface area contributed by atoms with Gasteiger partial charge < -0.3 is 24.7 Å². The van der Waals surface area contributed by atoms with Crippen LogP contribution in [0.2, 0.25) is 10.0 Å². The molecular formula is C25H25Cl2N5O4S. The quantitative estimate of drug-likeness (QED) is 0.185. The standard InChI is InChI=1S/C25H25Cl2N5O4S/c1-4-12-32-21(14-28-22(33)11-9-16-8-10-19(35-2)20(13-16)36-3)30-31-25(32)37-15-23(34)29-18-7-5-6-17(26)24(18)27/h4-11,13H,1,12,14-15H2,2-3H3,(H,28,33)(H,29,34). The van der Waals surface area contributed by atoms with Gasteiger partial charge >= 0.3 is 0 Å². The van der Waals surface area contributed by atoms with Crippen LogP contribution in [0, 0.1) is 0 Å². The number of allylic oxidation sites excluding steroid dienone is 1. The van der Waals surface area contributed by atoms with E-state index in [1.54, 1.807) is 61.3 Å². The lowest BCUT2D eigenvalue weighted by molar-refractivity contribution is -0.116. The van der Waals surface area contributed by atoms with Gasteiger partial charge in [-0.3, -0.25) is 9.59 Å². The molecule has 0 atom stereocenters. The number of carbonyl (C=O) groups excluding carboxylic acids is 2. The molecule has 0 aliphatic carbocycles. The summed E-state index contributed by atoms with van der Waals surface area (Å²) in [4.78, 5) is 24.8. The Morgan fingerprint density at radius 2 is 1.92 bits per heavy atom. The molecule has 2 amide bonds. The molecule has 1 aromatic heterocycles. The Balaban J connectivity index is 1.58. The van der Waals surface area contributed by atoms with Gasteiger partial charge in [-0.2, -0.15) is 0 Å². The van der Waals surface area contributed by atoms with Gasteiger partial charge in [-0.05, 0) is 35.9 Å². The van der Waals surface area contributed by atoms with Gasteiger partial charge in [0.2, 0.25) is 11.8 Å². The molecule has 0 bridgehead atoms. The molecule has 1 heterocycles. The number of nitrogens with one attached hydrogen (secondary N) is 2. The van der Waals surface area contributed by atoms with Gasteiger partial charge in [0.05, 0.1) is 42.2 Å². The summed E-state index contributed by atoms with van der Waals surface area (Å²) in [5.41, 5.74) is 1.20. The zero-order chi connectivity index (χ0) is 26.8. The summed E-state index contributed by atoms with van der Waals surface area (Å²) in [6.07, 6.45) is 4.76. The minimum absolute atomic E-state index is 0.0680. The molecule has 194 valence electrons. The van der Waals surface area contributed by atoms with Crippen molar-refractivity contribution in [3.8, 4) is 11.5 Å². The number of halogens is 2. The van der Waals surface area contributed by atoms with E-state index in [2.05, 4.69) is 27.4 Å². The predicted molar refractivity (Wildman–Crippen MR) is 146 cm³/mol. The molecule has 0 saturated carbocycles. The minimum Gasteiger partial charge on any atom is -0.493 e. The Hall–Kier alpha value is -3.47. The molecule has 37 heavy (non-hydrogen) atoms. The molecule has 3 aromatic rings. The van der Waals surface area contributed by atoms with Crippen molar-refractivity contribution >= 4 is 58.5 Å². The SMILES string of the molecule is C=CCn1c(CNC(=O)C=Cc2ccc(OC)c(OC)c2)nnc1SCC(=O)Nc1cccc(Cl)c1Cl. The molecule has 0 fully saturated rings. The molecule has 0 radical (unpaired) electrons. The number of thioether (sulfide) groups is 1. The second kappa shape index (κ2) is 13.7.